The first kappa shape index (κ1) is 15.0. The van der Waals surface area contributed by atoms with Gasteiger partial charge in [-0.15, -0.1) is 0 Å². The van der Waals surface area contributed by atoms with Crippen LogP contribution >= 0.6 is 0 Å². The normalized spacial score (nSPS) is 12.4. The molecule has 1 heterocycles. The molecule has 0 aliphatic carbocycles. The predicted octanol–water partition coefficient (Wildman–Crippen LogP) is 1.21. The molecular formula is C13H21BNO3. The monoisotopic (exact) mass is 250 g/mol. The second-order valence-electron chi connectivity index (χ2n) is 5.39. The lowest BCUT2D eigenvalue weighted by Crippen LogP contribution is -2.49. The Hall–Kier alpha value is -1.07. The Morgan fingerprint density at radius 2 is 1.89 bits per heavy atom. The van der Waals surface area contributed by atoms with Gasteiger partial charge in [0.15, 0.2) is 0 Å². The Labute approximate surface area is 110 Å². The summed E-state index contributed by atoms with van der Waals surface area (Å²) in [6.07, 6.45) is 1.73. The van der Waals surface area contributed by atoms with Gasteiger partial charge in [-0.3, -0.25) is 0 Å². The molecule has 18 heavy (non-hydrogen) atoms. The summed E-state index contributed by atoms with van der Waals surface area (Å²) in [5.74, 6) is 0.538. The van der Waals surface area contributed by atoms with Crippen molar-refractivity contribution < 1.29 is 14.5 Å². The zero-order chi connectivity index (χ0) is 14.0. The highest BCUT2D eigenvalue weighted by molar-refractivity contribution is 6.47. The summed E-state index contributed by atoms with van der Waals surface area (Å²) in [5, 5.41) is 10.0. The number of aromatic nitrogens is 1. The van der Waals surface area contributed by atoms with Crippen LogP contribution in [0.5, 0.6) is 5.88 Å². The zero-order valence-electron chi connectivity index (χ0n) is 11.9. The number of nitrogens with zero attached hydrogens (tertiary/aromatic N) is 1. The van der Waals surface area contributed by atoms with Crippen molar-refractivity contribution >= 4 is 12.9 Å². The van der Waals surface area contributed by atoms with Gasteiger partial charge in [-0.05, 0) is 51.7 Å². The van der Waals surface area contributed by atoms with Crippen molar-refractivity contribution in [3.8, 4) is 5.88 Å². The van der Waals surface area contributed by atoms with E-state index in [1.165, 1.54) is 0 Å². The first-order chi connectivity index (χ1) is 8.17. The van der Waals surface area contributed by atoms with Gasteiger partial charge in [-0.25, -0.2) is 4.98 Å². The summed E-state index contributed by atoms with van der Waals surface area (Å²) in [6.45, 7) is 9.08. The Bertz CT molecular complexity index is 413. The number of pyridine rings is 1. The lowest BCUT2D eigenvalue weighted by molar-refractivity contribution is -0.0893. The second-order valence-corrected chi connectivity index (χ2v) is 5.39. The molecule has 0 atom stereocenters. The van der Waals surface area contributed by atoms with E-state index in [9.17, 15) is 5.11 Å². The molecule has 0 aliphatic rings. The van der Waals surface area contributed by atoms with Crippen molar-refractivity contribution in [2.24, 2.45) is 0 Å². The van der Waals surface area contributed by atoms with Crippen LogP contribution in [-0.2, 0) is 4.65 Å². The van der Waals surface area contributed by atoms with Crippen LogP contribution < -0.4 is 10.2 Å². The van der Waals surface area contributed by atoms with Crippen molar-refractivity contribution in [1.82, 2.24) is 4.98 Å². The van der Waals surface area contributed by atoms with Crippen LogP contribution in [0.1, 0.15) is 33.3 Å². The Morgan fingerprint density at radius 1 is 1.28 bits per heavy atom. The third-order valence-electron chi connectivity index (χ3n) is 3.28. The van der Waals surface area contributed by atoms with Crippen molar-refractivity contribution in [2.45, 2.75) is 45.8 Å². The van der Waals surface area contributed by atoms with E-state index in [2.05, 4.69) is 4.98 Å². The minimum atomic E-state index is -0.936. The van der Waals surface area contributed by atoms with E-state index >= 15 is 0 Å². The highest BCUT2D eigenvalue weighted by Crippen LogP contribution is 2.24. The smallest absolute Gasteiger partial charge is 0.331 e. The van der Waals surface area contributed by atoms with E-state index in [1.54, 1.807) is 40.7 Å². The molecule has 0 amide bonds. The molecule has 1 radical (unpaired) electrons. The van der Waals surface area contributed by atoms with Crippen molar-refractivity contribution in [3.05, 3.63) is 17.8 Å². The molecule has 0 aromatic carbocycles. The number of ether oxygens (including phenoxy) is 1. The fourth-order valence-electron chi connectivity index (χ4n) is 1.11. The van der Waals surface area contributed by atoms with E-state index in [4.69, 9.17) is 9.39 Å². The molecule has 0 bridgehead atoms. The Morgan fingerprint density at radius 3 is 2.39 bits per heavy atom. The third kappa shape index (κ3) is 3.46. The summed E-state index contributed by atoms with van der Waals surface area (Å²) >= 11 is 0. The average Bonchev–Trinajstić information content (AvgIpc) is 2.26. The van der Waals surface area contributed by atoms with E-state index < -0.39 is 11.2 Å². The van der Waals surface area contributed by atoms with Crippen LogP contribution in [0.3, 0.4) is 0 Å². The zero-order valence-corrected chi connectivity index (χ0v) is 11.9. The average molecular weight is 250 g/mol. The topological polar surface area (TPSA) is 51.6 Å². The summed E-state index contributed by atoms with van der Waals surface area (Å²) in [7, 11) is 3.21. The summed E-state index contributed by atoms with van der Waals surface area (Å²) in [6, 6.07) is 1.80. The molecule has 5 heteroatoms. The third-order valence-corrected chi connectivity index (χ3v) is 3.28. The molecule has 0 saturated heterocycles. The van der Waals surface area contributed by atoms with Crippen molar-refractivity contribution in [2.75, 3.05) is 7.11 Å². The molecular weight excluding hydrogens is 229 g/mol. The van der Waals surface area contributed by atoms with Gasteiger partial charge >= 0.3 is 7.48 Å². The standard InChI is InChI=1S/C13H21BNO3/c1-9-8-15-11(17-6)7-10(9)14-18-13(4,5)12(2,3)16/h7-8,16H,1-6H3. The highest BCUT2D eigenvalue weighted by Gasteiger charge is 2.35. The van der Waals surface area contributed by atoms with E-state index in [0.29, 0.717) is 5.88 Å². The van der Waals surface area contributed by atoms with Gasteiger partial charge in [0.1, 0.15) is 0 Å². The minimum Gasteiger partial charge on any atom is -0.481 e. The fraction of sp³-hybridized carbons (Fsp3) is 0.615. The molecule has 0 saturated carbocycles. The van der Waals surface area contributed by atoms with Crippen molar-refractivity contribution in [1.29, 1.82) is 0 Å². The SMILES string of the molecule is COc1cc([B]OC(C)(C)C(C)(C)O)c(C)cn1. The summed E-state index contributed by atoms with van der Waals surface area (Å²) < 4.78 is 10.8. The van der Waals surface area contributed by atoms with E-state index in [0.717, 1.165) is 11.0 Å². The summed E-state index contributed by atoms with van der Waals surface area (Å²) in [4.78, 5) is 4.10. The first-order valence-electron chi connectivity index (χ1n) is 5.91. The van der Waals surface area contributed by atoms with Gasteiger partial charge in [0.2, 0.25) is 5.88 Å². The maximum Gasteiger partial charge on any atom is 0.331 e. The van der Waals surface area contributed by atoms with Crippen LogP contribution in [0.2, 0.25) is 0 Å². The quantitative estimate of drug-likeness (QED) is 0.798. The number of rotatable bonds is 5. The molecule has 0 aliphatic heterocycles. The van der Waals surface area contributed by atoms with Gasteiger partial charge in [0.05, 0.1) is 18.3 Å². The predicted molar refractivity (Wildman–Crippen MR) is 72.4 cm³/mol. The molecule has 0 fully saturated rings. The molecule has 1 N–H and O–H groups in total. The van der Waals surface area contributed by atoms with Crippen LogP contribution in [0.25, 0.3) is 0 Å². The van der Waals surface area contributed by atoms with Crippen LogP contribution in [0.15, 0.2) is 12.3 Å². The number of aryl methyl sites for hydroxylation is 1. The van der Waals surface area contributed by atoms with Gasteiger partial charge in [-0.1, -0.05) is 0 Å². The maximum absolute atomic E-state index is 10.0. The number of hydrogen-bond acceptors (Lipinski definition) is 4. The molecule has 1 aromatic rings. The number of hydrogen-bond donors (Lipinski definition) is 1. The van der Waals surface area contributed by atoms with Crippen LogP contribution in [0, 0.1) is 6.92 Å². The highest BCUT2D eigenvalue weighted by atomic mass is 16.5. The lowest BCUT2D eigenvalue weighted by Gasteiger charge is -2.37. The largest absolute Gasteiger partial charge is 0.481 e. The lowest BCUT2D eigenvalue weighted by atomic mass is 9.81. The van der Waals surface area contributed by atoms with Gasteiger partial charge in [-0.2, -0.15) is 0 Å². The number of aliphatic hydroxyl groups is 1. The van der Waals surface area contributed by atoms with Gasteiger partial charge < -0.3 is 14.5 Å². The Balaban J connectivity index is 2.80. The molecule has 0 spiro atoms. The molecule has 4 nitrogen and oxygen atoms in total. The first-order valence-corrected chi connectivity index (χ1v) is 5.91. The second kappa shape index (κ2) is 5.28. The van der Waals surface area contributed by atoms with E-state index in [-0.39, 0.29) is 0 Å². The van der Waals surface area contributed by atoms with Crippen LogP contribution in [-0.4, -0.2) is 35.9 Å². The maximum atomic E-state index is 10.0. The molecule has 99 valence electrons. The van der Waals surface area contributed by atoms with Crippen molar-refractivity contribution in [3.63, 3.8) is 0 Å². The molecule has 1 rings (SSSR count). The van der Waals surface area contributed by atoms with E-state index in [1.807, 2.05) is 20.8 Å². The van der Waals surface area contributed by atoms with Crippen LogP contribution in [0.4, 0.5) is 0 Å². The molecule has 1 aromatic heterocycles. The number of methoxy groups -OCH3 is 1. The van der Waals surface area contributed by atoms with Gasteiger partial charge in [0.25, 0.3) is 0 Å². The summed E-state index contributed by atoms with van der Waals surface area (Å²) in [5.41, 5.74) is 0.256. The fourth-order valence-corrected chi connectivity index (χ4v) is 1.11. The molecule has 0 unspecified atom stereocenters. The Kier molecular flexibility index (Phi) is 4.40. The minimum absolute atomic E-state index is 0.538. The van der Waals surface area contributed by atoms with Gasteiger partial charge in [0, 0.05) is 6.20 Å².